The van der Waals surface area contributed by atoms with Gasteiger partial charge in [0, 0.05) is 17.1 Å². The van der Waals surface area contributed by atoms with Crippen LogP contribution in [0.15, 0.2) is 188 Å². The molecule has 0 aliphatic heterocycles. The van der Waals surface area contributed by atoms with Gasteiger partial charge in [0.05, 0.1) is 5.41 Å². The summed E-state index contributed by atoms with van der Waals surface area (Å²) in [5.74, 6) is 0. The smallest absolute Gasteiger partial charge is 0.0710 e. The molecule has 1 spiro atoms. The first-order valence-electron chi connectivity index (χ1n) is 15.6. The molecule has 1 heteroatoms. The number of allylic oxidation sites excluding steroid dienone is 5. The second-order valence-corrected chi connectivity index (χ2v) is 11.8. The van der Waals surface area contributed by atoms with E-state index in [1.807, 2.05) is 0 Å². The summed E-state index contributed by atoms with van der Waals surface area (Å²) < 4.78 is 0. The summed E-state index contributed by atoms with van der Waals surface area (Å²) in [4.78, 5) is 2.36. The summed E-state index contributed by atoms with van der Waals surface area (Å²) in [5, 5.41) is 0. The highest BCUT2D eigenvalue weighted by molar-refractivity contribution is 5.90. The second kappa shape index (κ2) is 11.1. The second-order valence-electron chi connectivity index (χ2n) is 11.8. The van der Waals surface area contributed by atoms with Crippen molar-refractivity contribution in [3.8, 4) is 22.3 Å². The van der Waals surface area contributed by atoms with Gasteiger partial charge in [-0.25, -0.2) is 0 Å². The van der Waals surface area contributed by atoms with Crippen LogP contribution in [0.25, 0.3) is 22.3 Å². The Kier molecular flexibility index (Phi) is 6.65. The minimum Gasteiger partial charge on any atom is -0.310 e. The lowest BCUT2D eigenvalue weighted by molar-refractivity contribution is 0.760. The molecule has 6 aromatic carbocycles. The highest BCUT2D eigenvalue weighted by Crippen LogP contribution is 2.58. The van der Waals surface area contributed by atoms with E-state index in [1.165, 1.54) is 44.5 Å². The van der Waals surface area contributed by atoms with Gasteiger partial charge < -0.3 is 4.90 Å². The summed E-state index contributed by atoms with van der Waals surface area (Å²) in [6.07, 6.45) is 9.61. The molecule has 0 bridgehead atoms. The maximum absolute atomic E-state index is 4.74. The molecule has 0 saturated heterocycles. The van der Waals surface area contributed by atoms with Gasteiger partial charge in [-0.2, -0.15) is 0 Å². The van der Waals surface area contributed by atoms with E-state index in [1.54, 1.807) is 0 Å². The van der Waals surface area contributed by atoms with Crippen molar-refractivity contribution in [1.82, 2.24) is 0 Å². The fourth-order valence-corrected chi connectivity index (χ4v) is 7.31. The minimum atomic E-state index is -0.474. The number of hydrogen-bond donors (Lipinski definition) is 0. The maximum atomic E-state index is 4.74. The number of rotatable bonds is 4. The number of benzene rings is 6. The van der Waals surface area contributed by atoms with Crippen LogP contribution in [0.2, 0.25) is 0 Å². The predicted molar refractivity (Wildman–Crippen MR) is 189 cm³/mol. The molecule has 1 unspecified atom stereocenters. The monoisotopic (exact) mass is 575 g/mol. The molecule has 214 valence electrons. The first-order chi connectivity index (χ1) is 22.2. The van der Waals surface area contributed by atoms with Crippen LogP contribution in [0.4, 0.5) is 17.1 Å². The Morgan fingerprint density at radius 2 is 1.09 bits per heavy atom. The van der Waals surface area contributed by atoms with Crippen molar-refractivity contribution < 1.29 is 0 Å². The van der Waals surface area contributed by atoms with Gasteiger partial charge in [0.1, 0.15) is 0 Å². The van der Waals surface area contributed by atoms with Crippen molar-refractivity contribution in [3.05, 3.63) is 210 Å². The zero-order valence-electron chi connectivity index (χ0n) is 25.1. The highest BCUT2D eigenvalue weighted by atomic mass is 15.1. The van der Waals surface area contributed by atoms with E-state index in [0.717, 1.165) is 29.1 Å². The van der Waals surface area contributed by atoms with Gasteiger partial charge in [0.15, 0.2) is 0 Å². The van der Waals surface area contributed by atoms with Crippen LogP contribution in [0.3, 0.4) is 0 Å². The molecule has 0 N–H and O–H groups in total. The third-order valence-electron chi connectivity index (χ3n) is 9.32. The Labute approximate surface area is 265 Å². The van der Waals surface area contributed by atoms with Crippen LogP contribution in [-0.2, 0) is 11.8 Å². The molecular weight excluding hydrogens is 542 g/mol. The van der Waals surface area contributed by atoms with Crippen LogP contribution in [0.5, 0.6) is 0 Å². The molecule has 2 aliphatic rings. The topological polar surface area (TPSA) is 3.24 Å². The van der Waals surface area contributed by atoms with Crippen LogP contribution >= 0.6 is 0 Å². The van der Waals surface area contributed by atoms with Crippen molar-refractivity contribution in [2.24, 2.45) is 0 Å². The lowest BCUT2D eigenvalue weighted by atomic mass is 9.66. The zero-order chi connectivity index (χ0) is 30.2. The summed E-state index contributed by atoms with van der Waals surface area (Å²) in [5.41, 5.74) is 14.1. The van der Waals surface area contributed by atoms with Gasteiger partial charge in [0.2, 0.25) is 0 Å². The first-order valence-corrected chi connectivity index (χ1v) is 15.6. The fraction of sp³-hybridized carbons (Fsp3) is 0.0455. The quantitative estimate of drug-likeness (QED) is 0.202. The van der Waals surface area contributed by atoms with E-state index in [2.05, 4.69) is 181 Å². The zero-order valence-corrected chi connectivity index (χ0v) is 25.1. The van der Waals surface area contributed by atoms with E-state index >= 15 is 0 Å². The summed E-state index contributed by atoms with van der Waals surface area (Å²) in [6.45, 7) is 4.74. The number of hydrogen-bond acceptors (Lipinski definition) is 1. The highest BCUT2D eigenvalue weighted by Gasteiger charge is 2.47. The van der Waals surface area contributed by atoms with Crippen molar-refractivity contribution in [2.45, 2.75) is 11.8 Å². The average molecular weight is 576 g/mol. The number of para-hydroxylation sites is 1. The Morgan fingerprint density at radius 3 is 1.89 bits per heavy atom. The van der Waals surface area contributed by atoms with E-state index in [-0.39, 0.29) is 0 Å². The summed E-state index contributed by atoms with van der Waals surface area (Å²) >= 11 is 0. The van der Waals surface area contributed by atoms with Gasteiger partial charge in [-0.05, 0) is 92.9 Å². The molecule has 1 nitrogen and oxygen atoms in total. The SMILES string of the molecule is C=C1/C=C\C=C/Cc2ccccc2C12c1ccccc1-c1cc(N(c3ccccc3)c3ccc(-c4ccccc4)cc3)ccc12. The van der Waals surface area contributed by atoms with Crippen molar-refractivity contribution in [2.75, 3.05) is 4.90 Å². The van der Waals surface area contributed by atoms with E-state index < -0.39 is 5.41 Å². The molecule has 1 atom stereocenters. The average Bonchev–Trinajstić information content (AvgIpc) is 3.43. The number of fused-ring (bicyclic) bond motifs is 7. The van der Waals surface area contributed by atoms with Crippen LogP contribution in [-0.4, -0.2) is 0 Å². The molecule has 0 heterocycles. The fourth-order valence-electron chi connectivity index (χ4n) is 7.31. The normalized spacial score (nSPS) is 17.7. The molecular formula is C44H33N. The Bertz CT molecular complexity index is 2080. The lowest BCUT2D eigenvalue weighted by Gasteiger charge is -2.36. The summed E-state index contributed by atoms with van der Waals surface area (Å²) in [6, 6.07) is 54.9. The summed E-state index contributed by atoms with van der Waals surface area (Å²) in [7, 11) is 0. The lowest BCUT2D eigenvalue weighted by Crippen LogP contribution is -2.29. The van der Waals surface area contributed by atoms with Crippen LogP contribution in [0.1, 0.15) is 22.3 Å². The molecule has 2 aliphatic carbocycles. The van der Waals surface area contributed by atoms with Gasteiger partial charge in [-0.15, -0.1) is 0 Å². The van der Waals surface area contributed by atoms with Gasteiger partial charge in [-0.1, -0.05) is 146 Å². The molecule has 0 amide bonds. The number of anilines is 3. The molecule has 0 radical (unpaired) electrons. The van der Waals surface area contributed by atoms with Crippen LogP contribution in [0, 0.1) is 0 Å². The Morgan fingerprint density at radius 1 is 0.489 bits per heavy atom. The standard InChI is InChI=1S/C44H33N/c1-32-15-5-2-8-18-35-19-11-13-23-41(35)44(32)42-24-14-12-22-39(42)40-31-38(29-30-43(40)44)45(36-20-9-4-10-21-36)37-27-25-34(26-28-37)33-16-6-3-7-17-33/h2-17,19-31H,1,18H2/b8-2-,15-5-. The van der Waals surface area contributed by atoms with Crippen LogP contribution < -0.4 is 4.90 Å². The Balaban J connectivity index is 1.33. The van der Waals surface area contributed by atoms with Gasteiger partial charge in [0.25, 0.3) is 0 Å². The third-order valence-corrected chi connectivity index (χ3v) is 9.32. The van der Waals surface area contributed by atoms with E-state index in [4.69, 9.17) is 6.58 Å². The van der Waals surface area contributed by atoms with Crippen molar-refractivity contribution >= 4 is 17.1 Å². The first kappa shape index (κ1) is 26.9. The van der Waals surface area contributed by atoms with E-state index in [9.17, 15) is 0 Å². The molecule has 0 aromatic heterocycles. The number of nitrogens with zero attached hydrogens (tertiary/aromatic N) is 1. The van der Waals surface area contributed by atoms with Crippen molar-refractivity contribution in [3.63, 3.8) is 0 Å². The largest absolute Gasteiger partial charge is 0.310 e. The molecule has 8 rings (SSSR count). The molecule has 45 heavy (non-hydrogen) atoms. The molecule has 0 saturated carbocycles. The maximum Gasteiger partial charge on any atom is 0.0710 e. The van der Waals surface area contributed by atoms with E-state index in [0.29, 0.717) is 0 Å². The van der Waals surface area contributed by atoms with Crippen molar-refractivity contribution in [1.29, 1.82) is 0 Å². The van der Waals surface area contributed by atoms with Gasteiger partial charge in [-0.3, -0.25) is 0 Å². The molecule has 6 aromatic rings. The molecule has 0 fully saturated rings. The predicted octanol–water partition coefficient (Wildman–Crippen LogP) is 11.4. The minimum absolute atomic E-state index is 0.474. The third kappa shape index (κ3) is 4.39. The van der Waals surface area contributed by atoms with Gasteiger partial charge >= 0.3 is 0 Å². The Hall–Kier alpha value is -5.66.